The molecule has 172 valence electrons. The van der Waals surface area contributed by atoms with Gasteiger partial charge in [-0.25, -0.2) is 5.43 Å². The Bertz CT molecular complexity index is 1330. The van der Waals surface area contributed by atoms with E-state index in [1.165, 1.54) is 4.79 Å². The number of rotatable bonds is 6. The van der Waals surface area contributed by atoms with Crippen LogP contribution >= 0.6 is 11.6 Å². The SMILES string of the molecule is O=C(Nn1nnc2ccccc21)C(Cc1cccc(Cl)c1)c1ccc(N2CCCCC2=O)cc1. The van der Waals surface area contributed by atoms with Crippen LogP contribution in [0.15, 0.2) is 72.8 Å². The van der Waals surface area contributed by atoms with E-state index in [4.69, 9.17) is 11.6 Å². The van der Waals surface area contributed by atoms with Gasteiger partial charge < -0.3 is 4.90 Å². The number of piperidine rings is 1. The molecule has 8 heteroatoms. The van der Waals surface area contributed by atoms with Gasteiger partial charge in [-0.05, 0) is 72.0 Å². The Morgan fingerprint density at radius 2 is 1.85 bits per heavy atom. The maximum absolute atomic E-state index is 13.5. The maximum Gasteiger partial charge on any atom is 0.248 e. The van der Waals surface area contributed by atoms with Gasteiger partial charge in [-0.1, -0.05) is 48.0 Å². The molecule has 34 heavy (non-hydrogen) atoms. The number of nitrogens with zero attached hydrogens (tertiary/aromatic N) is 4. The second-order valence-corrected chi connectivity index (χ2v) is 8.88. The molecule has 1 aliphatic heterocycles. The first-order valence-electron chi connectivity index (χ1n) is 11.3. The van der Waals surface area contributed by atoms with Crippen molar-refractivity contribution in [1.29, 1.82) is 0 Å². The third kappa shape index (κ3) is 4.65. The molecule has 2 amide bonds. The average Bonchev–Trinajstić information content (AvgIpc) is 3.26. The van der Waals surface area contributed by atoms with E-state index in [0.717, 1.165) is 41.7 Å². The highest BCUT2D eigenvalue weighted by Gasteiger charge is 2.24. The molecule has 1 N–H and O–H groups in total. The van der Waals surface area contributed by atoms with Crippen molar-refractivity contribution in [2.45, 2.75) is 31.6 Å². The van der Waals surface area contributed by atoms with Gasteiger partial charge in [-0.15, -0.1) is 5.10 Å². The van der Waals surface area contributed by atoms with Crippen molar-refractivity contribution in [3.63, 3.8) is 0 Å². The lowest BCUT2D eigenvalue weighted by Crippen LogP contribution is -2.35. The zero-order valence-corrected chi connectivity index (χ0v) is 19.3. The van der Waals surface area contributed by atoms with Crippen LogP contribution < -0.4 is 10.3 Å². The Hall–Kier alpha value is -3.71. The lowest BCUT2D eigenvalue weighted by atomic mass is 9.91. The molecule has 0 bridgehead atoms. The van der Waals surface area contributed by atoms with Crippen LogP contribution in [-0.2, 0) is 16.0 Å². The van der Waals surface area contributed by atoms with Gasteiger partial charge in [0.05, 0.1) is 5.92 Å². The third-order valence-electron chi connectivity index (χ3n) is 6.14. The first kappa shape index (κ1) is 22.1. The number of hydrogen-bond acceptors (Lipinski definition) is 4. The molecule has 1 atom stereocenters. The summed E-state index contributed by atoms with van der Waals surface area (Å²) in [7, 11) is 0. The molecule has 2 heterocycles. The summed E-state index contributed by atoms with van der Waals surface area (Å²) in [6.07, 6.45) is 2.97. The summed E-state index contributed by atoms with van der Waals surface area (Å²) < 4.78 is 0. The van der Waals surface area contributed by atoms with Gasteiger partial charge >= 0.3 is 0 Å². The molecule has 3 aromatic carbocycles. The summed E-state index contributed by atoms with van der Waals surface area (Å²) in [5.41, 5.74) is 6.96. The molecule has 1 aromatic heterocycles. The molecule has 0 radical (unpaired) electrons. The highest BCUT2D eigenvalue weighted by Crippen LogP contribution is 2.27. The number of carbonyl (C=O) groups excluding carboxylic acids is 2. The highest BCUT2D eigenvalue weighted by atomic mass is 35.5. The van der Waals surface area contributed by atoms with E-state index in [1.807, 2.05) is 77.7 Å². The number of nitrogens with one attached hydrogen (secondary N) is 1. The van der Waals surface area contributed by atoms with Gasteiger partial charge in [0.2, 0.25) is 11.8 Å². The Morgan fingerprint density at radius 3 is 2.65 bits per heavy atom. The molecule has 0 aliphatic carbocycles. The fraction of sp³-hybridized carbons (Fsp3) is 0.231. The molecule has 1 fully saturated rings. The minimum atomic E-state index is -0.493. The smallest absolute Gasteiger partial charge is 0.248 e. The monoisotopic (exact) mass is 473 g/mol. The van der Waals surface area contributed by atoms with Crippen LogP contribution in [-0.4, -0.2) is 33.5 Å². The zero-order valence-electron chi connectivity index (χ0n) is 18.5. The normalized spacial score (nSPS) is 14.9. The summed E-state index contributed by atoms with van der Waals surface area (Å²) in [4.78, 5) is 29.0. The second-order valence-electron chi connectivity index (χ2n) is 8.45. The van der Waals surface area contributed by atoms with E-state index >= 15 is 0 Å². The number of aromatic nitrogens is 3. The van der Waals surface area contributed by atoms with Crippen molar-refractivity contribution in [3.05, 3.63) is 88.9 Å². The Morgan fingerprint density at radius 1 is 1.03 bits per heavy atom. The highest BCUT2D eigenvalue weighted by molar-refractivity contribution is 6.30. The Balaban J connectivity index is 1.44. The van der Waals surface area contributed by atoms with Gasteiger partial charge in [0, 0.05) is 23.7 Å². The summed E-state index contributed by atoms with van der Waals surface area (Å²) in [5, 5.41) is 8.82. The summed E-state index contributed by atoms with van der Waals surface area (Å²) in [5.74, 6) is -0.560. The van der Waals surface area contributed by atoms with Crippen LogP contribution in [0.3, 0.4) is 0 Å². The molecule has 0 spiro atoms. The van der Waals surface area contributed by atoms with Crippen LogP contribution in [0.5, 0.6) is 0 Å². The van der Waals surface area contributed by atoms with E-state index in [-0.39, 0.29) is 11.8 Å². The van der Waals surface area contributed by atoms with Crippen LogP contribution in [0.2, 0.25) is 5.02 Å². The number of halogens is 1. The van der Waals surface area contributed by atoms with Gasteiger partial charge in [0.1, 0.15) is 11.0 Å². The number of para-hydroxylation sites is 1. The summed E-state index contributed by atoms with van der Waals surface area (Å²) in [6, 6.07) is 22.6. The van der Waals surface area contributed by atoms with E-state index in [9.17, 15) is 9.59 Å². The van der Waals surface area contributed by atoms with Gasteiger partial charge in [-0.2, -0.15) is 4.79 Å². The largest absolute Gasteiger partial charge is 0.312 e. The van der Waals surface area contributed by atoms with E-state index < -0.39 is 5.92 Å². The predicted molar refractivity (Wildman–Crippen MR) is 132 cm³/mol. The van der Waals surface area contributed by atoms with Crippen molar-refractivity contribution < 1.29 is 9.59 Å². The molecule has 0 saturated carbocycles. The van der Waals surface area contributed by atoms with Gasteiger partial charge in [-0.3, -0.25) is 9.59 Å². The van der Waals surface area contributed by atoms with Crippen LogP contribution in [0, 0.1) is 0 Å². The second kappa shape index (κ2) is 9.65. The number of anilines is 1. The number of hydrogen-bond donors (Lipinski definition) is 1. The van der Waals surface area contributed by atoms with Crippen molar-refractivity contribution in [2.75, 3.05) is 16.9 Å². The molecule has 5 rings (SSSR count). The molecule has 1 saturated heterocycles. The van der Waals surface area contributed by atoms with Gasteiger partial charge in [0.25, 0.3) is 0 Å². The Kier molecular flexibility index (Phi) is 6.27. The molecular formula is C26H24ClN5O2. The lowest BCUT2D eigenvalue weighted by Gasteiger charge is -2.27. The number of fused-ring (bicyclic) bond motifs is 1. The summed E-state index contributed by atoms with van der Waals surface area (Å²) in [6.45, 7) is 0.726. The lowest BCUT2D eigenvalue weighted by molar-refractivity contribution is -0.120. The third-order valence-corrected chi connectivity index (χ3v) is 6.38. The molecule has 4 aromatic rings. The minimum absolute atomic E-state index is 0.144. The number of amides is 2. The molecule has 1 aliphatic rings. The van der Waals surface area contributed by atoms with Crippen LogP contribution in [0.1, 0.15) is 36.3 Å². The quantitative estimate of drug-likeness (QED) is 0.440. The maximum atomic E-state index is 13.5. The topological polar surface area (TPSA) is 80.1 Å². The standard InChI is InChI=1S/C26H24ClN5O2/c27-20-7-5-6-18(16-20)17-22(26(34)29-32-24-9-2-1-8-23(24)28-30-32)19-11-13-21(14-12-19)31-15-4-3-10-25(31)33/h1-2,5-9,11-14,16,22H,3-4,10,15,17H2,(H,29,34). The fourth-order valence-corrected chi connectivity index (χ4v) is 4.57. The predicted octanol–water partition coefficient (Wildman–Crippen LogP) is 4.70. The fourth-order valence-electron chi connectivity index (χ4n) is 4.36. The molecule has 1 unspecified atom stereocenters. The van der Waals surface area contributed by atoms with Crippen molar-refractivity contribution in [2.24, 2.45) is 0 Å². The van der Waals surface area contributed by atoms with Crippen LogP contribution in [0.25, 0.3) is 11.0 Å². The van der Waals surface area contributed by atoms with E-state index in [2.05, 4.69) is 15.7 Å². The van der Waals surface area contributed by atoms with Gasteiger partial charge in [0.15, 0.2) is 0 Å². The van der Waals surface area contributed by atoms with E-state index in [0.29, 0.717) is 23.4 Å². The molecular weight excluding hydrogens is 450 g/mol. The Labute approximate surface area is 202 Å². The minimum Gasteiger partial charge on any atom is -0.312 e. The zero-order chi connectivity index (χ0) is 23.5. The number of carbonyl (C=O) groups is 2. The van der Waals surface area contributed by atoms with Crippen molar-refractivity contribution >= 4 is 40.1 Å². The average molecular weight is 474 g/mol. The summed E-state index contributed by atoms with van der Waals surface area (Å²) >= 11 is 6.19. The van der Waals surface area contributed by atoms with Crippen molar-refractivity contribution in [1.82, 2.24) is 15.1 Å². The first-order valence-corrected chi connectivity index (χ1v) is 11.7. The van der Waals surface area contributed by atoms with E-state index in [1.54, 1.807) is 0 Å². The van der Waals surface area contributed by atoms with Crippen molar-refractivity contribution in [3.8, 4) is 0 Å². The molecule has 7 nitrogen and oxygen atoms in total. The number of benzene rings is 3. The van der Waals surface area contributed by atoms with Crippen LogP contribution in [0.4, 0.5) is 5.69 Å². The first-order chi connectivity index (χ1) is 16.6.